The summed E-state index contributed by atoms with van der Waals surface area (Å²) >= 11 is 0. The maximum absolute atomic E-state index is 12.2. The molecule has 0 spiro atoms. The molecule has 0 saturated carbocycles. The normalized spacial score (nSPS) is 17.0. The number of anilines is 1. The molecule has 0 atom stereocenters. The van der Waals surface area contributed by atoms with Crippen molar-refractivity contribution in [2.45, 2.75) is 18.4 Å². The minimum atomic E-state index is -1.04. The lowest BCUT2D eigenvalue weighted by Crippen LogP contribution is -2.54. The van der Waals surface area contributed by atoms with Crippen molar-refractivity contribution in [3.63, 3.8) is 0 Å². The van der Waals surface area contributed by atoms with Crippen LogP contribution in [0.5, 0.6) is 5.75 Å². The van der Waals surface area contributed by atoms with Gasteiger partial charge in [-0.15, -0.1) is 0 Å². The molecule has 0 aliphatic carbocycles. The van der Waals surface area contributed by atoms with E-state index in [9.17, 15) is 9.59 Å². The lowest BCUT2D eigenvalue weighted by molar-refractivity contribution is -0.139. The van der Waals surface area contributed by atoms with Crippen molar-refractivity contribution < 1.29 is 24.2 Å². The number of rotatable bonds is 5. The van der Waals surface area contributed by atoms with Gasteiger partial charge in [-0.3, -0.25) is 4.79 Å². The predicted octanol–water partition coefficient (Wildman–Crippen LogP) is 0.596. The van der Waals surface area contributed by atoms with Crippen LogP contribution in [-0.2, 0) is 14.3 Å². The fraction of sp³-hybridized carbons (Fsp3) is 0.429. The van der Waals surface area contributed by atoms with E-state index in [1.807, 2.05) is 0 Å². The molecule has 0 bridgehead atoms. The third kappa shape index (κ3) is 4.17. The number of ether oxygens (including phenoxy) is 2. The molecule has 1 fully saturated rings. The summed E-state index contributed by atoms with van der Waals surface area (Å²) in [5, 5.41) is 11.3. The van der Waals surface area contributed by atoms with Gasteiger partial charge in [0.15, 0.2) is 6.61 Å². The number of benzene rings is 1. The van der Waals surface area contributed by atoms with Crippen LogP contribution in [0.3, 0.4) is 0 Å². The Labute approximate surface area is 122 Å². The molecule has 1 aliphatic rings. The second kappa shape index (κ2) is 6.55. The molecule has 1 aromatic carbocycles. The summed E-state index contributed by atoms with van der Waals surface area (Å²) in [4.78, 5) is 22.6. The molecule has 1 saturated heterocycles. The van der Waals surface area contributed by atoms with Crippen molar-refractivity contribution >= 4 is 17.6 Å². The highest BCUT2D eigenvalue weighted by atomic mass is 16.5. The third-order valence-electron chi connectivity index (χ3n) is 3.31. The van der Waals surface area contributed by atoms with E-state index in [1.54, 1.807) is 24.3 Å². The first-order chi connectivity index (χ1) is 9.99. The van der Waals surface area contributed by atoms with E-state index in [0.29, 0.717) is 37.5 Å². The van der Waals surface area contributed by atoms with Crippen molar-refractivity contribution in [1.82, 2.24) is 0 Å². The Balaban J connectivity index is 1.93. The molecule has 1 aromatic rings. The number of nitrogens with one attached hydrogen (secondary N) is 1. The Bertz CT molecular complexity index is 509. The number of hydrogen-bond acceptors (Lipinski definition) is 5. The number of carbonyl (C=O) groups is 2. The fourth-order valence-electron chi connectivity index (χ4n) is 2.00. The summed E-state index contributed by atoms with van der Waals surface area (Å²) < 4.78 is 10.2. The summed E-state index contributed by atoms with van der Waals surface area (Å²) in [6, 6.07) is 6.45. The zero-order chi connectivity index (χ0) is 15.3. The van der Waals surface area contributed by atoms with Crippen molar-refractivity contribution in [1.29, 1.82) is 0 Å². The number of amides is 1. The third-order valence-corrected chi connectivity index (χ3v) is 3.31. The number of nitrogens with two attached hydrogens (primary N) is 1. The number of carboxylic acid groups (broad SMARTS) is 1. The summed E-state index contributed by atoms with van der Waals surface area (Å²) in [6.45, 7) is 0.551. The van der Waals surface area contributed by atoms with Crippen LogP contribution in [0.25, 0.3) is 0 Å². The monoisotopic (exact) mass is 294 g/mol. The van der Waals surface area contributed by atoms with Gasteiger partial charge in [-0.1, -0.05) is 0 Å². The molecule has 7 heteroatoms. The molecule has 21 heavy (non-hydrogen) atoms. The first-order valence-electron chi connectivity index (χ1n) is 6.62. The van der Waals surface area contributed by atoms with Gasteiger partial charge in [0.05, 0.1) is 0 Å². The fourth-order valence-corrected chi connectivity index (χ4v) is 2.00. The zero-order valence-corrected chi connectivity index (χ0v) is 11.5. The van der Waals surface area contributed by atoms with E-state index >= 15 is 0 Å². The smallest absolute Gasteiger partial charge is 0.341 e. The average molecular weight is 294 g/mol. The van der Waals surface area contributed by atoms with Crippen molar-refractivity contribution in [2.24, 2.45) is 5.73 Å². The molecule has 2 rings (SSSR count). The molecule has 1 amide bonds. The van der Waals surface area contributed by atoms with Crippen LogP contribution >= 0.6 is 0 Å². The first kappa shape index (κ1) is 15.3. The molecule has 0 radical (unpaired) electrons. The first-order valence-corrected chi connectivity index (χ1v) is 6.62. The Morgan fingerprint density at radius 2 is 1.90 bits per heavy atom. The average Bonchev–Trinajstić information content (AvgIpc) is 2.47. The molecule has 4 N–H and O–H groups in total. The second-order valence-electron chi connectivity index (χ2n) is 4.93. The van der Waals surface area contributed by atoms with Crippen LogP contribution < -0.4 is 15.8 Å². The van der Waals surface area contributed by atoms with E-state index in [1.165, 1.54) is 0 Å². The topological polar surface area (TPSA) is 111 Å². The molecule has 1 aliphatic heterocycles. The molecule has 0 unspecified atom stereocenters. The van der Waals surface area contributed by atoms with Crippen LogP contribution in [0, 0.1) is 0 Å². The highest BCUT2D eigenvalue weighted by Gasteiger charge is 2.35. The summed E-state index contributed by atoms with van der Waals surface area (Å²) in [5.41, 5.74) is 5.76. The minimum absolute atomic E-state index is 0.245. The van der Waals surface area contributed by atoms with Crippen LogP contribution in [0.2, 0.25) is 0 Å². The summed E-state index contributed by atoms with van der Waals surface area (Å²) in [5.74, 6) is -0.870. The quantitative estimate of drug-likeness (QED) is 0.733. The van der Waals surface area contributed by atoms with Crippen LogP contribution in [-0.4, -0.2) is 42.3 Å². The minimum Gasteiger partial charge on any atom is -0.482 e. The highest BCUT2D eigenvalue weighted by Crippen LogP contribution is 2.21. The highest BCUT2D eigenvalue weighted by molar-refractivity contribution is 5.98. The number of carbonyl (C=O) groups excluding carboxylic acids is 1. The molecular formula is C14H18N2O5. The Hall–Kier alpha value is -2.12. The van der Waals surface area contributed by atoms with E-state index in [-0.39, 0.29) is 5.91 Å². The predicted molar refractivity (Wildman–Crippen MR) is 75.2 cm³/mol. The lowest BCUT2D eigenvalue weighted by Gasteiger charge is -2.31. The molecular weight excluding hydrogens is 276 g/mol. The van der Waals surface area contributed by atoms with Gasteiger partial charge in [-0.05, 0) is 37.1 Å². The molecule has 1 heterocycles. The Morgan fingerprint density at radius 1 is 1.29 bits per heavy atom. The molecule has 0 aromatic heterocycles. The molecule has 114 valence electrons. The van der Waals surface area contributed by atoms with E-state index in [4.69, 9.17) is 20.3 Å². The SMILES string of the molecule is NC1(C(=O)Nc2ccc(OCC(=O)O)cc2)CCOCC1. The van der Waals surface area contributed by atoms with E-state index < -0.39 is 18.1 Å². The van der Waals surface area contributed by atoms with Gasteiger partial charge in [0.1, 0.15) is 11.3 Å². The maximum Gasteiger partial charge on any atom is 0.341 e. The van der Waals surface area contributed by atoms with Crippen molar-refractivity contribution in [3.05, 3.63) is 24.3 Å². The maximum atomic E-state index is 12.2. The Morgan fingerprint density at radius 3 is 2.48 bits per heavy atom. The Kier molecular flexibility index (Phi) is 4.77. The van der Waals surface area contributed by atoms with Gasteiger partial charge in [0, 0.05) is 18.9 Å². The van der Waals surface area contributed by atoms with Gasteiger partial charge in [0.25, 0.3) is 0 Å². The van der Waals surface area contributed by atoms with E-state index in [0.717, 1.165) is 0 Å². The largest absolute Gasteiger partial charge is 0.482 e. The number of hydrogen-bond donors (Lipinski definition) is 3. The van der Waals surface area contributed by atoms with Gasteiger partial charge < -0.3 is 25.6 Å². The van der Waals surface area contributed by atoms with Crippen LogP contribution in [0.4, 0.5) is 5.69 Å². The zero-order valence-electron chi connectivity index (χ0n) is 11.5. The van der Waals surface area contributed by atoms with Gasteiger partial charge in [-0.25, -0.2) is 4.79 Å². The van der Waals surface area contributed by atoms with E-state index in [2.05, 4.69) is 5.32 Å². The number of carboxylic acids is 1. The van der Waals surface area contributed by atoms with Crippen molar-refractivity contribution in [3.8, 4) is 5.75 Å². The van der Waals surface area contributed by atoms with Crippen molar-refractivity contribution in [2.75, 3.05) is 25.1 Å². The number of aliphatic carboxylic acids is 1. The summed E-state index contributed by atoms with van der Waals surface area (Å²) in [6.07, 6.45) is 0.970. The summed E-state index contributed by atoms with van der Waals surface area (Å²) in [7, 11) is 0. The standard InChI is InChI=1S/C14H18N2O5/c15-14(5-7-20-8-6-14)13(19)16-10-1-3-11(4-2-10)21-9-12(17)18/h1-4H,5-9,15H2,(H,16,19)(H,17,18). The molecule has 7 nitrogen and oxygen atoms in total. The van der Waals surface area contributed by atoms with Gasteiger partial charge in [0.2, 0.25) is 5.91 Å². The lowest BCUT2D eigenvalue weighted by atomic mass is 9.90. The van der Waals surface area contributed by atoms with Gasteiger partial charge >= 0.3 is 5.97 Å². The van der Waals surface area contributed by atoms with Crippen LogP contribution in [0.1, 0.15) is 12.8 Å². The van der Waals surface area contributed by atoms with Gasteiger partial charge in [-0.2, -0.15) is 0 Å². The van der Waals surface area contributed by atoms with Crippen LogP contribution in [0.15, 0.2) is 24.3 Å². The second-order valence-corrected chi connectivity index (χ2v) is 4.93.